The van der Waals surface area contributed by atoms with Crippen LogP contribution in [-0.4, -0.2) is 29.8 Å². The van der Waals surface area contributed by atoms with Crippen molar-refractivity contribution in [1.82, 2.24) is 5.01 Å². The van der Waals surface area contributed by atoms with Crippen LogP contribution in [-0.2, 0) is 11.2 Å². The van der Waals surface area contributed by atoms with E-state index in [9.17, 15) is 4.79 Å². The van der Waals surface area contributed by atoms with Gasteiger partial charge in [-0.3, -0.25) is 4.79 Å². The van der Waals surface area contributed by atoms with Crippen LogP contribution in [0.25, 0.3) is 0 Å². The van der Waals surface area contributed by atoms with Crippen LogP contribution < -0.4 is 10.5 Å². The predicted octanol–water partition coefficient (Wildman–Crippen LogP) is 3.21. The zero-order valence-electron chi connectivity index (χ0n) is 14.8. The molecule has 1 aliphatic heterocycles. The van der Waals surface area contributed by atoms with Gasteiger partial charge < -0.3 is 10.5 Å². The molecule has 1 heterocycles. The second-order valence-electron chi connectivity index (χ2n) is 6.24. The SMILES string of the molecule is CCC(=O)N1N=C(c2ccc(N)cc2)c2cc(OC)ccc2CC1C. The summed E-state index contributed by atoms with van der Waals surface area (Å²) in [5, 5.41) is 6.36. The topological polar surface area (TPSA) is 67.9 Å². The Morgan fingerprint density at radius 1 is 1.28 bits per heavy atom. The van der Waals surface area contributed by atoms with Crippen molar-refractivity contribution in [1.29, 1.82) is 0 Å². The first-order chi connectivity index (χ1) is 12.0. The molecule has 0 aliphatic carbocycles. The first-order valence-corrected chi connectivity index (χ1v) is 8.47. The molecule has 0 fully saturated rings. The smallest absolute Gasteiger partial charge is 0.242 e. The van der Waals surface area contributed by atoms with Crippen molar-refractivity contribution in [2.24, 2.45) is 5.10 Å². The average molecular weight is 337 g/mol. The summed E-state index contributed by atoms with van der Waals surface area (Å²) >= 11 is 0. The number of carbonyl (C=O) groups is 1. The third-order valence-electron chi connectivity index (χ3n) is 4.45. The molecule has 0 radical (unpaired) electrons. The van der Waals surface area contributed by atoms with Crippen LogP contribution in [0.2, 0.25) is 0 Å². The van der Waals surface area contributed by atoms with E-state index in [2.05, 4.69) is 6.07 Å². The van der Waals surface area contributed by atoms with Gasteiger partial charge in [0.05, 0.1) is 18.9 Å². The number of ether oxygens (including phenoxy) is 1. The molecule has 2 aromatic rings. The average Bonchev–Trinajstić information content (AvgIpc) is 2.77. The molecule has 2 N–H and O–H groups in total. The molecule has 1 aliphatic rings. The number of amides is 1. The van der Waals surface area contributed by atoms with Gasteiger partial charge in [0, 0.05) is 23.2 Å². The van der Waals surface area contributed by atoms with Gasteiger partial charge in [0.25, 0.3) is 0 Å². The highest BCUT2D eigenvalue weighted by molar-refractivity contribution is 6.14. The fourth-order valence-corrected chi connectivity index (χ4v) is 3.06. The Morgan fingerprint density at radius 2 is 2.00 bits per heavy atom. The van der Waals surface area contributed by atoms with Crippen LogP contribution in [0.5, 0.6) is 5.75 Å². The third-order valence-corrected chi connectivity index (χ3v) is 4.45. The Bertz CT molecular complexity index is 812. The number of nitrogen functional groups attached to an aromatic ring is 1. The van der Waals surface area contributed by atoms with Crippen LogP contribution in [0.4, 0.5) is 5.69 Å². The van der Waals surface area contributed by atoms with Crippen molar-refractivity contribution >= 4 is 17.3 Å². The summed E-state index contributed by atoms with van der Waals surface area (Å²) in [6.07, 6.45) is 1.16. The molecule has 1 unspecified atom stereocenters. The van der Waals surface area contributed by atoms with Gasteiger partial charge in [-0.05, 0) is 43.2 Å². The highest BCUT2D eigenvalue weighted by Gasteiger charge is 2.26. The monoisotopic (exact) mass is 337 g/mol. The maximum absolute atomic E-state index is 12.4. The normalized spacial score (nSPS) is 16.7. The van der Waals surface area contributed by atoms with Crippen LogP contribution in [0, 0.1) is 0 Å². The van der Waals surface area contributed by atoms with Crippen LogP contribution in [0.1, 0.15) is 37.0 Å². The van der Waals surface area contributed by atoms with E-state index >= 15 is 0 Å². The molecule has 0 bridgehead atoms. The van der Waals surface area contributed by atoms with Gasteiger partial charge in [-0.2, -0.15) is 5.10 Å². The fourth-order valence-electron chi connectivity index (χ4n) is 3.06. The van der Waals surface area contributed by atoms with Crippen molar-refractivity contribution in [3.8, 4) is 5.75 Å². The van der Waals surface area contributed by atoms with E-state index in [1.807, 2.05) is 50.2 Å². The number of methoxy groups -OCH3 is 1. The van der Waals surface area contributed by atoms with Gasteiger partial charge in [-0.1, -0.05) is 25.1 Å². The lowest BCUT2D eigenvalue weighted by atomic mass is 9.94. The second-order valence-corrected chi connectivity index (χ2v) is 6.24. The van der Waals surface area contributed by atoms with Crippen LogP contribution in [0.3, 0.4) is 0 Å². The summed E-state index contributed by atoms with van der Waals surface area (Å²) in [7, 11) is 1.65. The Labute approximate surface area is 148 Å². The number of hydrogen-bond donors (Lipinski definition) is 1. The number of carbonyl (C=O) groups excluding carboxylic acids is 1. The Balaban J connectivity index is 2.20. The summed E-state index contributed by atoms with van der Waals surface area (Å²) in [6.45, 7) is 3.88. The molecule has 1 amide bonds. The zero-order valence-corrected chi connectivity index (χ0v) is 14.8. The fraction of sp³-hybridized carbons (Fsp3) is 0.300. The van der Waals surface area contributed by atoms with E-state index in [0.29, 0.717) is 12.1 Å². The molecule has 2 aromatic carbocycles. The highest BCUT2D eigenvalue weighted by atomic mass is 16.5. The lowest BCUT2D eigenvalue weighted by molar-refractivity contribution is -0.132. The van der Waals surface area contributed by atoms with Gasteiger partial charge in [0.15, 0.2) is 0 Å². The number of nitrogens with two attached hydrogens (primary N) is 1. The van der Waals surface area contributed by atoms with E-state index < -0.39 is 0 Å². The number of fused-ring (bicyclic) bond motifs is 1. The second kappa shape index (κ2) is 6.97. The number of nitrogens with zero attached hydrogens (tertiary/aromatic N) is 2. The van der Waals surface area contributed by atoms with Crippen molar-refractivity contribution in [3.05, 3.63) is 59.2 Å². The van der Waals surface area contributed by atoms with Crippen molar-refractivity contribution in [2.75, 3.05) is 12.8 Å². The van der Waals surface area contributed by atoms with E-state index in [1.165, 1.54) is 0 Å². The minimum absolute atomic E-state index is 0.00845. The van der Waals surface area contributed by atoms with Gasteiger partial charge >= 0.3 is 0 Å². The first kappa shape index (κ1) is 17.0. The summed E-state index contributed by atoms with van der Waals surface area (Å²) in [5.41, 5.74) is 10.3. The molecule has 5 nitrogen and oxygen atoms in total. The minimum atomic E-state index is -0.00845. The highest BCUT2D eigenvalue weighted by Crippen LogP contribution is 2.27. The molecule has 5 heteroatoms. The number of benzene rings is 2. The molecule has 0 saturated carbocycles. The maximum atomic E-state index is 12.4. The molecule has 130 valence electrons. The quantitative estimate of drug-likeness (QED) is 0.875. The number of hydrogen-bond acceptors (Lipinski definition) is 4. The summed E-state index contributed by atoms with van der Waals surface area (Å²) < 4.78 is 5.39. The molecule has 0 spiro atoms. The van der Waals surface area contributed by atoms with E-state index in [0.717, 1.165) is 34.6 Å². The van der Waals surface area contributed by atoms with Gasteiger partial charge in [-0.25, -0.2) is 5.01 Å². The standard InChI is InChI=1S/C20H23N3O2/c1-4-19(24)23-13(2)11-15-7-10-17(25-3)12-18(15)20(22-23)14-5-8-16(21)9-6-14/h5-10,12-13H,4,11,21H2,1-3H3. The first-order valence-electron chi connectivity index (χ1n) is 8.47. The largest absolute Gasteiger partial charge is 0.497 e. The van der Waals surface area contributed by atoms with Crippen LogP contribution in [0.15, 0.2) is 47.6 Å². The van der Waals surface area contributed by atoms with Crippen molar-refractivity contribution in [3.63, 3.8) is 0 Å². The molecule has 3 rings (SSSR count). The third kappa shape index (κ3) is 3.36. The summed E-state index contributed by atoms with van der Waals surface area (Å²) in [6, 6.07) is 13.5. The summed E-state index contributed by atoms with van der Waals surface area (Å²) in [4.78, 5) is 12.4. The Kier molecular flexibility index (Phi) is 4.74. The molecule has 0 aromatic heterocycles. The minimum Gasteiger partial charge on any atom is -0.497 e. The van der Waals surface area contributed by atoms with Crippen LogP contribution >= 0.6 is 0 Å². The molecular formula is C20H23N3O2. The molecular weight excluding hydrogens is 314 g/mol. The number of hydrazone groups is 1. The lowest BCUT2D eigenvalue weighted by Crippen LogP contribution is -2.34. The van der Waals surface area contributed by atoms with E-state index in [1.54, 1.807) is 12.1 Å². The van der Waals surface area contributed by atoms with Gasteiger partial charge in [0.1, 0.15) is 5.75 Å². The number of rotatable bonds is 3. The van der Waals surface area contributed by atoms with E-state index in [4.69, 9.17) is 15.6 Å². The maximum Gasteiger partial charge on any atom is 0.242 e. The number of anilines is 1. The Morgan fingerprint density at radius 3 is 2.64 bits per heavy atom. The molecule has 1 atom stereocenters. The Hall–Kier alpha value is -2.82. The van der Waals surface area contributed by atoms with Crippen molar-refractivity contribution in [2.45, 2.75) is 32.7 Å². The lowest BCUT2D eigenvalue weighted by Gasteiger charge is -2.22. The van der Waals surface area contributed by atoms with E-state index in [-0.39, 0.29) is 11.9 Å². The molecule has 25 heavy (non-hydrogen) atoms. The zero-order chi connectivity index (χ0) is 18.0. The predicted molar refractivity (Wildman–Crippen MR) is 99.8 cm³/mol. The molecule has 0 saturated heterocycles. The summed E-state index contributed by atoms with van der Waals surface area (Å²) in [5.74, 6) is 0.782. The van der Waals surface area contributed by atoms with Gasteiger partial charge in [0.2, 0.25) is 5.91 Å². The van der Waals surface area contributed by atoms with Gasteiger partial charge in [-0.15, -0.1) is 0 Å². The van der Waals surface area contributed by atoms with Crippen molar-refractivity contribution < 1.29 is 9.53 Å².